The van der Waals surface area contributed by atoms with Gasteiger partial charge in [-0.3, -0.25) is 0 Å². The fourth-order valence-corrected chi connectivity index (χ4v) is 2.55. The highest BCUT2D eigenvalue weighted by atomic mass is 35.5. The average molecular weight is 421 g/mol. The van der Waals surface area contributed by atoms with E-state index < -0.39 is 34.7 Å². The van der Waals surface area contributed by atoms with Crippen LogP contribution in [-0.2, 0) is 5.67 Å². The normalized spacial score (nSPS) is 13.8. The van der Waals surface area contributed by atoms with Crippen molar-refractivity contribution >= 4 is 23.2 Å². The smallest absolute Gasteiger partial charge is 0.331 e. The summed E-state index contributed by atoms with van der Waals surface area (Å²) in [4.78, 5) is 0. The first kappa shape index (κ1) is 20.8. The van der Waals surface area contributed by atoms with Crippen molar-refractivity contribution in [3.8, 4) is 0 Å². The van der Waals surface area contributed by atoms with Gasteiger partial charge in [0.1, 0.15) is 0 Å². The molecule has 0 bridgehead atoms. The van der Waals surface area contributed by atoms with Gasteiger partial charge < -0.3 is 5.11 Å². The van der Waals surface area contributed by atoms with Gasteiger partial charge in [-0.15, -0.1) is 0 Å². The van der Waals surface area contributed by atoms with E-state index in [1.54, 1.807) is 0 Å². The summed E-state index contributed by atoms with van der Waals surface area (Å²) in [6, 6.07) is 6.29. The van der Waals surface area contributed by atoms with Crippen molar-refractivity contribution in [1.82, 2.24) is 0 Å². The maximum absolute atomic E-state index is 15.6. The van der Waals surface area contributed by atoms with Gasteiger partial charge in [-0.05, 0) is 24.3 Å². The van der Waals surface area contributed by atoms with Crippen molar-refractivity contribution in [2.75, 3.05) is 0 Å². The van der Waals surface area contributed by atoms with Crippen LogP contribution in [0.4, 0.5) is 30.7 Å². The molecule has 0 aromatic heterocycles. The average Bonchev–Trinajstić information content (AvgIpc) is 2.54. The third kappa shape index (κ3) is 3.14. The molecule has 0 saturated heterocycles. The number of aliphatic hydroxyl groups is 1. The van der Waals surface area contributed by atoms with Crippen molar-refractivity contribution < 1.29 is 35.8 Å². The van der Waals surface area contributed by atoms with Crippen LogP contribution in [0.15, 0.2) is 48.5 Å². The van der Waals surface area contributed by atoms with Crippen LogP contribution in [0.3, 0.4) is 0 Å². The molecule has 0 aliphatic heterocycles. The van der Waals surface area contributed by atoms with Crippen molar-refractivity contribution in [3.63, 3.8) is 0 Å². The van der Waals surface area contributed by atoms with Crippen LogP contribution in [0.25, 0.3) is 0 Å². The molecule has 0 spiro atoms. The lowest BCUT2D eigenvalue weighted by molar-refractivity contribution is -0.402. The molecule has 0 amide bonds. The van der Waals surface area contributed by atoms with Crippen LogP contribution in [0, 0.1) is 0 Å². The number of halogens is 9. The minimum Gasteiger partial charge on any atom is -0.331 e. The molecule has 0 saturated carbocycles. The van der Waals surface area contributed by atoms with Crippen LogP contribution >= 0.6 is 23.2 Å². The van der Waals surface area contributed by atoms with Gasteiger partial charge in [0.2, 0.25) is 5.67 Å². The summed E-state index contributed by atoms with van der Waals surface area (Å²) < 4.78 is 97.5. The molecule has 142 valence electrons. The molecule has 1 N–H and O–H groups in total. The number of rotatable bonds is 5. The topological polar surface area (TPSA) is 20.2 Å². The standard InChI is InChI=1S/C16H9Cl2F7O/c17-11-5-1-9(2-6-11)13(19,10-3-7-12(18)8-4-10)14(20,21)15(22,23)16(24,25)26/h1-8,26H. The van der Waals surface area contributed by atoms with E-state index in [0.29, 0.717) is 24.3 Å². The SMILES string of the molecule is OC(F)(F)C(F)(F)C(F)(F)C(F)(c1ccc(Cl)cc1)c1ccc(Cl)cc1. The molecule has 0 radical (unpaired) electrons. The fraction of sp³-hybridized carbons (Fsp3) is 0.250. The Morgan fingerprint density at radius 3 is 1.15 bits per heavy atom. The summed E-state index contributed by atoms with van der Waals surface area (Å²) in [7, 11) is 0. The Kier molecular flexibility index (Phi) is 5.26. The maximum Gasteiger partial charge on any atom is 0.423 e. The van der Waals surface area contributed by atoms with E-state index >= 15 is 4.39 Å². The molecular weight excluding hydrogens is 412 g/mol. The summed E-state index contributed by atoms with van der Waals surface area (Å²) in [6.07, 6.45) is -6.19. The molecule has 2 aromatic carbocycles. The predicted molar refractivity (Wildman–Crippen MR) is 81.9 cm³/mol. The fourth-order valence-electron chi connectivity index (χ4n) is 2.29. The molecule has 26 heavy (non-hydrogen) atoms. The Labute approximate surface area is 153 Å². The largest absolute Gasteiger partial charge is 0.423 e. The summed E-state index contributed by atoms with van der Waals surface area (Å²) in [5, 5.41) is 8.19. The van der Waals surface area contributed by atoms with Crippen LogP contribution in [0.1, 0.15) is 11.1 Å². The van der Waals surface area contributed by atoms with Gasteiger partial charge in [-0.25, -0.2) is 4.39 Å². The van der Waals surface area contributed by atoms with Crippen LogP contribution in [0.2, 0.25) is 10.0 Å². The molecule has 10 heteroatoms. The van der Waals surface area contributed by atoms with Crippen molar-refractivity contribution in [2.45, 2.75) is 23.6 Å². The van der Waals surface area contributed by atoms with E-state index in [4.69, 9.17) is 28.3 Å². The predicted octanol–water partition coefficient (Wildman–Crippen LogP) is 6.06. The molecule has 0 aliphatic carbocycles. The van der Waals surface area contributed by atoms with Gasteiger partial charge in [0.05, 0.1) is 0 Å². The number of hydrogen-bond acceptors (Lipinski definition) is 1. The Balaban J connectivity index is 2.79. The molecule has 0 heterocycles. The molecule has 0 atom stereocenters. The Morgan fingerprint density at radius 1 is 0.577 bits per heavy atom. The lowest BCUT2D eigenvalue weighted by atomic mass is 9.79. The van der Waals surface area contributed by atoms with E-state index in [1.807, 2.05) is 0 Å². The van der Waals surface area contributed by atoms with Gasteiger partial charge >= 0.3 is 18.0 Å². The Morgan fingerprint density at radius 2 is 0.885 bits per heavy atom. The molecule has 2 rings (SSSR count). The first-order valence-corrected chi connectivity index (χ1v) is 7.57. The minimum atomic E-state index is -6.44. The summed E-state index contributed by atoms with van der Waals surface area (Å²) in [6.45, 7) is 0. The number of benzene rings is 2. The van der Waals surface area contributed by atoms with E-state index in [9.17, 15) is 26.3 Å². The second-order valence-electron chi connectivity index (χ2n) is 5.36. The molecule has 2 aromatic rings. The highest BCUT2D eigenvalue weighted by molar-refractivity contribution is 6.30. The van der Waals surface area contributed by atoms with Gasteiger partial charge in [-0.2, -0.15) is 26.3 Å². The highest BCUT2D eigenvalue weighted by Crippen LogP contribution is 2.57. The first-order chi connectivity index (χ1) is 11.7. The molecule has 0 aliphatic rings. The zero-order valence-corrected chi connectivity index (χ0v) is 14.0. The summed E-state index contributed by atoms with van der Waals surface area (Å²) in [5.74, 6) is -12.5. The molecule has 1 nitrogen and oxygen atoms in total. The Bertz CT molecular complexity index is 725. The zero-order chi connectivity index (χ0) is 20.0. The van der Waals surface area contributed by atoms with Crippen molar-refractivity contribution in [3.05, 3.63) is 69.7 Å². The third-order valence-corrected chi connectivity index (χ3v) is 4.19. The van der Waals surface area contributed by atoms with Gasteiger partial charge in [0.15, 0.2) is 0 Å². The maximum atomic E-state index is 15.6. The van der Waals surface area contributed by atoms with Crippen LogP contribution in [-0.4, -0.2) is 23.1 Å². The number of alkyl halides is 7. The molecular formula is C16H9Cl2F7O. The monoisotopic (exact) mass is 420 g/mol. The summed E-state index contributed by atoms with van der Waals surface area (Å²) in [5.41, 5.74) is -6.58. The number of hydrogen-bond donors (Lipinski definition) is 1. The Hall–Kier alpha value is -1.51. The van der Waals surface area contributed by atoms with Crippen LogP contribution in [0.5, 0.6) is 0 Å². The first-order valence-electron chi connectivity index (χ1n) is 6.82. The van der Waals surface area contributed by atoms with E-state index in [2.05, 4.69) is 0 Å². The van der Waals surface area contributed by atoms with E-state index in [1.165, 1.54) is 0 Å². The van der Waals surface area contributed by atoms with Crippen LogP contribution < -0.4 is 0 Å². The minimum absolute atomic E-state index is 0.0326. The quantitative estimate of drug-likeness (QED) is 0.582. The molecule has 0 unspecified atom stereocenters. The van der Waals surface area contributed by atoms with E-state index in [-0.39, 0.29) is 10.0 Å². The van der Waals surface area contributed by atoms with Gasteiger partial charge in [0.25, 0.3) is 0 Å². The zero-order valence-electron chi connectivity index (χ0n) is 12.5. The highest BCUT2D eigenvalue weighted by Gasteiger charge is 2.80. The third-order valence-electron chi connectivity index (χ3n) is 3.69. The summed E-state index contributed by atoms with van der Waals surface area (Å²) >= 11 is 11.1. The lowest BCUT2D eigenvalue weighted by Gasteiger charge is -2.39. The molecule has 0 fully saturated rings. The van der Waals surface area contributed by atoms with E-state index in [0.717, 1.165) is 24.3 Å². The van der Waals surface area contributed by atoms with Gasteiger partial charge in [-0.1, -0.05) is 47.5 Å². The van der Waals surface area contributed by atoms with Gasteiger partial charge in [0, 0.05) is 21.2 Å². The second-order valence-corrected chi connectivity index (χ2v) is 6.24. The van der Waals surface area contributed by atoms with Crippen molar-refractivity contribution in [2.24, 2.45) is 0 Å². The van der Waals surface area contributed by atoms with Crippen molar-refractivity contribution in [1.29, 1.82) is 0 Å². The second kappa shape index (κ2) is 6.58. The lowest BCUT2D eigenvalue weighted by Crippen LogP contribution is -2.62.